The molecule has 0 bridgehead atoms. The fourth-order valence-electron chi connectivity index (χ4n) is 2.27. The van der Waals surface area contributed by atoms with Gasteiger partial charge in [0.1, 0.15) is 5.75 Å². The van der Waals surface area contributed by atoms with Gasteiger partial charge in [0.25, 0.3) is 0 Å². The third kappa shape index (κ3) is 3.02. The molecule has 1 aliphatic rings. The number of methoxy groups -OCH3 is 1. The van der Waals surface area contributed by atoms with Crippen molar-refractivity contribution in [3.63, 3.8) is 0 Å². The first kappa shape index (κ1) is 12.9. The quantitative estimate of drug-likeness (QED) is 0.785. The van der Waals surface area contributed by atoms with Gasteiger partial charge >= 0.3 is 0 Å². The van der Waals surface area contributed by atoms with E-state index in [1.807, 2.05) is 6.07 Å². The molecule has 1 saturated heterocycles. The van der Waals surface area contributed by atoms with Gasteiger partial charge in [-0.25, -0.2) is 0 Å². The summed E-state index contributed by atoms with van der Waals surface area (Å²) in [5.41, 5.74) is 2.44. The van der Waals surface area contributed by atoms with Crippen molar-refractivity contribution in [3.05, 3.63) is 29.3 Å². The van der Waals surface area contributed by atoms with E-state index in [0.29, 0.717) is 0 Å². The molecule has 2 rings (SSSR count). The minimum absolute atomic E-state index is 0.220. The van der Waals surface area contributed by atoms with E-state index < -0.39 is 0 Å². The van der Waals surface area contributed by atoms with Gasteiger partial charge in [-0.15, -0.1) is 0 Å². The Balaban J connectivity index is 2.21. The van der Waals surface area contributed by atoms with Gasteiger partial charge in [0.05, 0.1) is 18.0 Å². The zero-order valence-electron chi connectivity index (χ0n) is 10.4. The van der Waals surface area contributed by atoms with Crippen LogP contribution in [0.25, 0.3) is 0 Å². The number of aryl methyl sites for hydroxylation is 1. The minimum Gasteiger partial charge on any atom is -0.496 e. The van der Waals surface area contributed by atoms with Crippen molar-refractivity contribution in [2.75, 3.05) is 13.7 Å². The Kier molecular flexibility index (Phi) is 4.46. The first-order valence-corrected chi connectivity index (χ1v) is 7.04. The Morgan fingerprint density at radius 1 is 1.41 bits per heavy atom. The van der Waals surface area contributed by atoms with Crippen LogP contribution < -0.4 is 4.74 Å². The van der Waals surface area contributed by atoms with Crippen molar-refractivity contribution < 1.29 is 9.47 Å². The summed E-state index contributed by atoms with van der Waals surface area (Å²) in [6.07, 6.45) is 3.81. The van der Waals surface area contributed by atoms with Crippen molar-refractivity contribution >= 4 is 15.9 Å². The van der Waals surface area contributed by atoms with E-state index in [4.69, 9.17) is 9.47 Å². The number of hydrogen-bond acceptors (Lipinski definition) is 2. The second-order valence-corrected chi connectivity index (χ2v) is 5.54. The van der Waals surface area contributed by atoms with Crippen molar-refractivity contribution in [3.8, 4) is 5.75 Å². The van der Waals surface area contributed by atoms with Gasteiger partial charge < -0.3 is 9.47 Å². The zero-order valence-corrected chi connectivity index (χ0v) is 12.0. The van der Waals surface area contributed by atoms with E-state index in [9.17, 15) is 0 Å². The van der Waals surface area contributed by atoms with Crippen LogP contribution in [0.15, 0.2) is 18.2 Å². The molecule has 1 fully saturated rings. The molecule has 94 valence electrons. The summed E-state index contributed by atoms with van der Waals surface area (Å²) in [5.74, 6) is 0.937. The average molecular weight is 299 g/mol. The molecule has 2 nitrogen and oxygen atoms in total. The first-order valence-electron chi connectivity index (χ1n) is 6.12. The summed E-state index contributed by atoms with van der Waals surface area (Å²) >= 11 is 3.77. The van der Waals surface area contributed by atoms with Crippen LogP contribution in [0, 0.1) is 6.92 Å². The molecule has 0 radical (unpaired) electrons. The predicted octanol–water partition coefficient (Wildman–Crippen LogP) is 4.01. The fraction of sp³-hybridized carbons (Fsp3) is 0.571. The highest BCUT2D eigenvalue weighted by atomic mass is 79.9. The molecular formula is C14H19BrO2. The van der Waals surface area contributed by atoms with Gasteiger partial charge in [-0.1, -0.05) is 33.6 Å². The maximum atomic E-state index is 5.83. The van der Waals surface area contributed by atoms with Gasteiger partial charge in [-0.3, -0.25) is 0 Å². The second kappa shape index (κ2) is 5.87. The summed E-state index contributed by atoms with van der Waals surface area (Å²) in [4.78, 5) is 0.220. The molecule has 0 aliphatic carbocycles. The maximum absolute atomic E-state index is 5.83. The van der Waals surface area contributed by atoms with Crippen molar-refractivity contribution in [2.24, 2.45) is 0 Å². The molecule has 0 aromatic heterocycles. The van der Waals surface area contributed by atoms with Crippen molar-refractivity contribution in [2.45, 2.75) is 37.1 Å². The third-order valence-electron chi connectivity index (χ3n) is 3.22. The number of ether oxygens (including phenoxy) is 2. The van der Waals surface area contributed by atoms with Crippen LogP contribution in [0.4, 0.5) is 0 Å². The van der Waals surface area contributed by atoms with Crippen LogP contribution in [0.3, 0.4) is 0 Å². The fourth-order valence-corrected chi connectivity index (χ4v) is 3.04. The smallest absolute Gasteiger partial charge is 0.123 e. The maximum Gasteiger partial charge on any atom is 0.123 e. The highest BCUT2D eigenvalue weighted by Gasteiger charge is 2.26. The number of halogens is 1. The Hall–Kier alpha value is -0.540. The molecule has 3 heteroatoms. The van der Waals surface area contributed by atoms with Crippen LogP contribution in [-0.4, -0.2) is 19.8 Å². The summed E-state index contributed by atoms with van der Waals surface area (Å²) in [5, 5.41) is 0. The number of benzene rings is 1. The molecule has 0 saturated carbocycles. The molecular weight excluding hydrogens is 280 g/mol. The summed E-state index contributed by atoms with van der Waals surface area (Å²) in [7, 11) is 1.72. The highest BCUT2D eigenvalue weighted by Crippen LogP contribution is 2.38. The summed E-state index contributed by atoms with van der Waals surface area (Å²) in [6, 6.07) is 6.28. The minimum atomic E-state index is 0.220. The van der Waals surface area contributed by atoms with E-state index in [0.717, 1.165) is 18.8 Å². The second-order valence-electron chi connectivity index (χ2n) is 4.55. The molecule has 1 aromatic carbocycles. The van der Waals surface area contributed by atoms with Gasteiger partial charge in [0.15, 0.2) is 0 Å². The lowest BCUT2D eigenvalue weighted by Crippen LogP contribution is -2.23. The standard InChI is InChI=1S/C14H19BrO2/c1-10-6-7-12(16-2)11(9-10)14(15)13-5-3-4-8-17-13/h6-7,9,13-14H,3-5,8H2,1-2H3. The molecule has 1 aromatic rings. The van der Waals surface area contributed by atoms with E-state index in [1.165, 1.54) is 24.0 Å². The van der Waals surface area contributed by atoms with E-state index in [-0.39, 0.29) is 10.9 Å². The van der Waals surface area contributed by atoms with Gasteiger partial charge in [0.2, 0.25) is 0 Å². The Bertz CT molecular complexity index is 372. The Morgan fingerprint density at radius 3 is 2.88 bits per heavy atom. The lowest BCUT2D eigenvalue weighted by molar-refractivity contribution is 0.0157. The van der Waals surface area contributed by atoms with Crippen LogP contribution in [0.2, 0.25) is 0 Å². The van der Waals surface area contributed by atoms with Crippen LogP contribution in [0.5, 0.6) is 5.75 Å². The number of hydrogen-bond donors (Lipinski definition) is 0. The number of rotatable bonds is 3. The molecule has 17 heavy (non-hydrogen) atoms. The van der Waals surface area contributed by atoms with Gasteiger partial charge in [-0.2, -0.15) is 0 Å². The normalized spacial score (nSPS) is 22.2. The molecule has 2 atom stereocenters. The average Bonchev–Trinajstić information content (AvgIpc) is 2.39. The molecule has 1 heterocycles. The summed E-state index contributed by atoms with van der Waals surface area (Å²) < 4.78 is 11.3. The highest BCUT2D eigenvalue weighted by molar-refractivity contribution is 9.09. The van der Waals surface area contributed by atoms with Crippen LogP contribution >= 0.6 is 15.9 Å². The number of alkyl halides is 1. The molecule has 2 unspecified atom stereocenters. The van der Waals surface area contributed by atoms with E-state index >= 15 is 0 Å². The first-order chi connectivity index (χ1) is 8.22. The van der Waals surface area contributed by atoms with Crippen LogP contribution in [-0.2, 0) is 4.74 Å². The van der Waals surface area contributed by atoms with Crippen LogP contribution in [0.1, 0.15) is 35.2 Å². The monoisotopic (exact) mass is 298 g/mol. The van der Waals surface area contributed by atoms with Crippen molar-refractivity contribution in [1.29, 1.82) is 0 Å². The molecule has 0 amide bonds. The molecule has 0 spiro atoms. The Labute approximate surface area is 111 Å². The SMILES string of the molecule is COc1ccc(C)cc1C(Br)C1CCCCO1. The van der Waals surface area contributed by atoms with Gasteiger partial charge in [-0.05, 0) is 32.3 Å². The van der Waals surface area contributed by atoms with Gasteiger partial charge in [0, 0.05) is 12.2 Å². The third-order valence-corrected chi connectivity index (χ3v) is 4.31. The molecule has 0 N–H and O–H groups in total. The largest absolute Gasteiger partial charge is 0.496 e. The lowest BCUT2D eigenvalue weighted by Gasteiger charge is -2.28. The zero-order chi connectivity index (χ0) is 12.3. The summed E-state index contributed by atoms with van der Waals surface area (Å²) in [6.45, 7) is 2.98. The van der Waals surface area contributed by atoms with E-state index in [2.05, 4.69) is 35.0 Å². The van der Waals surface area contributed by atoms with E-state index in [1.54, 1.807) is 7.11 Å². The lowest BCUT2D eigenvalue weighted by atomic mass is 9.99. The predicted molar refractivity (Wildman–Crippen MR) is 73.0 cm³/mol. The topological polar surface area (TPSA) is 18.5 Å². The van der Waals surface area contributed by atoms with Crippen molar-refractivity contribution in [1.82, 2.24) is 0 Å². The Morgan fingerprint density at radius 2 is 2.24 bits per heavy atom. The molecule has 1 aliphatic heterocycles.